The van der Waals surface area contributed by atoms with Crippen LogP contribution in [-0.2, 0) is 9.53 Å². The van der Waals surface area contributed by atoms with Gasteiger partial charge in [0.2, 0.25) is 0 Å². The largest absolute Gasteiger partial charge is 0.449 e. The van der Waals surface area contributed by atoms with Crippen molar-refractivity contribution < 1.29 is 14.3 Å². The highest BCUT2D eigenvalue weighted by molar-refractivity contribution is 5.92. The summed E-state index contributed by atoms with van der Waals surface area (Å²) in [5.41, 5.74) is 1.93. The summed E-state index contributed by atoms with van der Waals surface area (Å²) in [6.45, 7) is 4.09. The molecule has 0 spiro atoms. The lowest BCUT2D eigenvalue weighted by Crippen LogP contribution is -2.38. The number of nitrogens with one attached hydrogen (secondary N) is 1. The van der Waals surface area contributed by atoms with E-state index in [2.05, 4.69) is 12.2 Å². The molecular formula is C21H22N2O3. The van der Waals surface area contributed by atoms with Gasteiger partial charge in [-0.15, -0.1) is 0 Å². The van der Waals surface area contributed by atoms with Crippen LogP contribution in [0, 0.1) is 11.3 Å². The summed E-state index contributed by atoms with van der Waals surface area (Å²) >= 11 is 0. The first-order chi connectivity index (χ1) is 12.5. The molecule has 0 aliphatic carbocycles. The van der Waals surface area contributed by atoms with E-state index in [-0.39, 0.29) is 11.8 Å². The summed E-state index contributed by atoms with van der Waals surface area (Å²) in [6.07, 6.45) is -0.00427. The van der Waals surface area contributed by atoms with E-state index in [1.165, 1.54) is 24.3 Å². The molecule has 0 unspecified atom stereocenters. The standard InChI is InChI=1S/C21H22N2O3/c1-3-17(18-7-5-4-6-8-18)14-23-20(24)15(2)26-21(25)19-11-9-16(13-22)10-12-19/h4-12,15,17H,3,14H2,1-2H3,(H,23,24)/t15-,17-/m0/s1. The molecule has 2 rings (SSSR count). The van der Waals surface area contributed by atoms with Gasteiger partial charge in [0, 0.05) is 12.5 Å². The van der Waals surface area contributed by atoms with E-state index in [9.17, 15) is 9.59 Å². The van der Waals surface area contributed by atoms with Crippen LogP contribution in [0.5, 0.6) is 0 Å². The van der Waals surface area contributed by atoms with Crippen LogP contribution in [0.15, 0.2) is 54.6 Å². The molecule has 0 bridgehead atoms. The van der Waals surface area contributed by atoms with Gasteiger partial charge < -0.3 is 10.1 Å². The number of esters is 1. The lowest BCUT2D eigenvalue weighted by atomic mass is 9.96. The minimum atomic E-state index is -0.897. The lowest BCUT2D eigenvalue weighted by molar-refractivity contribution is -0.129. The van der Waals surface area contributed by atoms with Crippen LogP contribution in [0.2, 0.25) is 0 Å². The number of nitriles is 1. The monoisotopic (exact) mass is 350 g/mol. The maximum absolute atomic E-state index is 12.2. The topological polar surface area (TPSA) is 79.2 Å². The van der Waals surface area contributed by atoms with Crippen molar-refractivity contribution in [2.75, 3.05) is 6.54 Å². The number of hydrogen-bond acceptors (Lipinski definition) is 4. The summed E-state index contributed by atoms with van der Waals surface area (Å²) in [4.78, 5) is 24.3. The number of hydrogen-bond donors (Lipinski definition) is 1. The van der Waals surface area contributed by atoms with Crippen LogP contribution >= 0.6 is 0 Å². The summed E-state index contributed by atoms with van der Waals surface area (Å²) < 4.78 is 5.21. The molecule has 26 heavy (non-hydrogen) atoms. The molecule has 2 aromatic rings. The van der Waals surface area contributed by atoms with E-state index in [4.69, 9.17) is 10.00 Å². The normalized spacial score (nSPS) is 12.5. The number of carbonyl (C=O) groups excluding carboxylic acids is 2. The molecule has 5 nitrogen and oxygen atoms in total. The maximum atomic E-state index is 12.2. The van der Waals surface area contributed by atoms with Gasteiger partial charge in [-0.2, -0.15) is 5.26 Å². The molecule has 1 amide bonds. The molecule has 134 valence electrons. The van der Waals surface area contributed by atoms with E-state index in [0.29, 0.717) is 17.7 Å². The van der Waals surface area contributed by atoms with Gasteiger partial charge in [-0.25, -0.2) is 4.79 Å². The molecule has 2 aromatic carbocycles. The quantitative estimate of drug-likeness (QED) is 0.776. The fourth-order valence-electron chi connectivity index (χ4n) is 2.55. The molecule has 0 aliphatic rings. The number of amides is 1. The second-order valence-corrected chi connectivity index (χ2v) is 6.00. The van der Waals surface area contributed by atoms with Crippen LogP contribution < -0.4 is 5.32 Å². The first-order valence-electron chi connectivity index (χ1n) is 8.59. The Morgan fingerprint density at radius 3 is 2.35 bits per heavy atom. The van der Waals surface area contributed by atoms with Crippen LogP contribution in [0.1, 0.15) is 47.7 Å². The molecule has 0 fully saturated rings. The van der Waals surface area contributed by atoms with Gasteiger partial charge in [-0.05, 0) is 43.2 Å². The minimum absolute atomic E-state index is 0.210. The summed E-state index contributed by atoms with van der Waals surface area (Å²) in [7, 11) is 0. The molecule has 0 heterocycles. The van der Waals surface area contributed by atoms with E-state index in [0.717, 1.165) is 12.0 Å². The number of benzene rings is 2. The molecule has 5 heteroatoms. The molecule has 2 atom stereocenters. The van der Waals surface area contributed by atoms with Gasteiger partial charge in [-0.1, -0.05) is 37.3 Å². The SMILES string of the molecule is CC[C@@H](CNC(=O)[C@H](C)OC(=O)c1ccc(C#N)cc1)c1ccccc1. The highest BCUT2D eigenvalue weighted by Gasteiger charge is 2.20. The molecule has 0 saturated carbocycles. The Balaban J connectivity index is 1.88. The zero-order valence-corrected chi connectivity index (χ0v) is 14.9. The van der Waals surface area contributed by atoms with Crippen molar-refractivity contribution in [2.45, 2.75) is 32.3 Å². The third-order valence-corrected chi connectivity index (χ3v) is 4.19. The zero-order chi connectivity index (χ0) is 18.9. The number of rotatable bonds is 7. The number of ether oxygens (including phenoxy) is 1. The van der Waals surface area contributed by atoms with Crippen LogP contribution in [-0.4, -0.2) is 24.5 Å². The maximum Gasteiger partial charge on any atom is 0.338 e. The second-order valence-electron chi connectivity index (χ2n) is 6.00. The summed E-state index contributed by atoms with van der Waals surface area (Å²) in [5, 5.41) is 11.6. The van der Waals surface area contributed by atoms with Gasteiger partial charge in [0.05, 0.1) is 17.2 Å². The van der Waals surface area contributed by atoms with Gasteiger partial charge >= 0.3 is 5.97 Å². The Labute approximate surface area is 153 Å². The predicted octanol–water partition coefficient (Wildman–Crippen LogP) is 3.41. The Morgan fingerprint density at radius 2 is 1.77 bits per heavy atom. The van der Waals surface area contributed by atoms with Crippen LogP contribution in [0.25, 0.3) is 0 Å². The Morgan fingerprint density at radius 1 is 1.12 bits per heavy atom. The van der Waals surface area contributed by atoms with E-state index >= 15 is 0 Å². The van der Waals surface area contributed by atoms with Crippen molar-refractivity contribution in [1.29, 1.82) is 5.26 Å². The smallest absolute Gasteiger partial charge is 0.338 e. The van der Waals surface area contributed by atoms with Crippen LogP contribution in [0.3, 0.4) is 0 Å². The summed E-state index contributed by atoms with van der Waals surface area (Å²) in [5.74, 6) is -0.713. The summed E-state index contributed by atoms with van der Waals surface area (Å²) in [6, 6.07) is 18.0. The van der Waals surface area contributed by atoms with E-state index in [1.807, 2.05) is 36.4 Å². The van der Waals surface area contributed by atoms with Crippen molar-refractivity contribution in [3.05, 3.63) is 71.3 Å². The van der Waals surface area contributed by atoms with Crippen LogP contribution in [0.4, 0.5) is 0 Å². The highest BCUT2D eigenvalue weighted by atomic mass is 16.5. The average molecular weight is 350 g/mol. The molecular weight excluding hydrogens is 328 g/mol. The van der Waals surface area contributed by atoms with Crippen molar-refractivity contribution in [1.82, 2.24) is 5.32 Å². The van der Waals surface area contributed by atoms with Crippen molar-refractivity contribution in [3.8, 4) is 6.07 Å². The third-order valence-electron chi connectivity index (χ3n) is 4.19. The highest BCUT2D eigenvalue weighted by Crippen LogP contribution is 2.18. The van der Waals surface area contributed by atoms with Crippen molar-refractivity contribution in [3.63, 3.8) is 0 Å². The molecule has 0 radical (unpaired) electrons. The fourth-order valence-corrected chi connectivity index (χ4v) is 2.55. The van der Waals surface area contributed by atoms with E-state index in [1.54, 1.807) is 6.92 Å². The predicted molar refractivity (Wildman–Crippen MR) is 98.5 cm³/mol. The van der Waals surface area contributed by atoms with Crippen molar-refractivity contribution >= 4 is 11.9 Å². The Kier molecular flexibility index (Phi) is 6.92. The Hall–Kier alpha value is -3.13. The fraction of sp³-hybridized carbons (Fsp3) is 0.286. The molecule has 0 aliphatic heterocycles. The zero-order valence-electron chi connectivity index (χ0n) is 14.9. The number of carbonyl (C=O) groups is 2. The molecule has 0 aromatic heterocycles. The number of nitrogens with zero attached hydrogens (tertiary/aromatic N) is 1. The van der Waals surface area contributed by atoms with Gasteiger partial charge in [0.1, 0.15) is 0 Å². The lowest BCUT2D eigenvalue weighted by Gasteiger charge is -2.18. The molecule has 0 saturated heterocycles. The Bertz CT molecular complexity index is 779. The minimum Gasteiger partial charge on any atom is -0.449 e. The van der Waals surface area contributed by atoms with Gasteiger partial charge in [0.15, 0.2) is 6.10 Å². The average Bonchev–Trinajstić information content (AvgIpc) is 2.69. The molecule has 1 N–H and O–H groups in total. The van der Waals surface area contributed by atoms with Gasteiger partial charge in [-0.3, -0.25) is 4.79 Å². The first kappa shape index (κ1) is 19.2. The second kappa shape index (κ2) is 9.38. The van der Waals surface area contributed by atoms with Crippen molar-refractivity contribution in [2.24, 2.45) is 0 Å². The van der Waals surface area contributed by atoms with E-state index < -0.39 is 12.1 Å². The third kappa shape index (κ3) is 5.18. The van der Waals surface area contributed by atoms with Gasteiger partial charge in [0.25, 0.3) is 5.91 Å². The first-order valence-corrected chi connectivity index (χ1v) is 8.59.